The first-order valence-electron chi connectivity index (χ1n) is 3.09. The Hall–Kier alpha value is -0.640. The molecule has 0 amide bonds. The normalized spacial score (nSPS) is 28.1. The molecule has 9 heavy (non-hydrogen) atoms. The van der Waals surface area contributed by atoms with E-state index in [4.69, 9.17) is 5.11 Å². The average Bonchev–Trinajstić information content (AvgIpc) is 1.88. The zero-order chi connectivity index (χ0) is 6.69. The molecular formula is C5H10N2O2. The summed E-state index contributed by atoms with van der Waals surface area (Å²) in [4.78, 5) is 9.87. The van der Waals surface area contributed by atoms with Crippen molar-refractivity contribution in [3.8, 4) is 0 Å². The predicted octanol–water partition coefficient (Wildman–Crippen LogP) is 0.125. The van der Waals surface area contributed by atoms with Gasteiger partial charge in [0, 0.05) is 6.54 Å². The summed E-state index contributed by atoms with van der Waals surface area (Å²) < 4.78 is 0. The van der Waals surface area contributed by atoms with E-state index in [1.807, 2.05) is 0 Å². The van der Waals surface area contributed by atoms with Crippen molar-refractivity contribution in [2.24, 2.45) is 5.29 Å². The van der Waals surface area contributed by atoms with Gasteiger partial charge in [0.2, 0.25) is 0 Å². The average molecular weight is 130 g/mol. The molecule has 1 atom stereocenters. The van der Waals surface area contributed by atoms with E-state index >= 15 is 0 Å². The second-order valence-corrected chi connectivity index (χ2v) is 2.29. The second kappa shape index (κ2) is 2.77. The summed E-state index contributed by atoms with van der Waals surface area (Å²) in [6.07, 6.45) is 1.32. The molecule has 1 rings (SSSR count). The van der Waals surface area contributed by atoms with E-state index < -0.39 is 0 Å². The lowest BCUT2D eigenvalue weighted by Crippen LogP contribution is -2.34. The van der Waals surface area contributed by atoms with Crippen LogP contribution in [0.4, 0.5) is 0 Å². The first-order valence-corrected chi connectivity index (χ1v) is 3.09. The summed E-state index contributed by atoms with van der Waals surface area (Å²) in [6, 6.07) is 0. The van der Waals surface area contributed by atoms with Crippen molar-refractivity contribution in [1.82, 2.24) is 5.01 Å². The van der Waals surface area contributed by atoms with E-state index in [1.54, 1.807) is 0 Å². The Bertz CT molecular complexity index is 107. The highest BCUT2D eigenvalue weighted by molar-refractivity contribution is 4.67. The van der Waals surface area contributed by atoms with Crippen LogP contribution in [0.5, 0.6) is 0 Å². The highest BCUT2D eigenvalue weighted by Crippen LogP contribution is 2.08. The van der Waals surface area contributed by atoms with Gasteiger partial charge in [0.15, 0.2) is 0 Å². The Balaban J connectivity index is 2.31. The number of hydrogen-bond donors (Lipinski definition) is 1. The molecule has 0 radical (unpaired) electrons. The summed E-state index contributed by atoms with van der Waals surface area (Å²) in [5.41, 5.74) is 0. The quantitative estimate of drug-likeness (QED) is 0.513. The minimum Gasteiger partial charge on any atom is -0.391 e. The minimum atomic E-state index is -0.351. The van der Waals surface area contributed by atoms with Gasteiger partial charge in [0.05, 0.1) is 17.9 Å². The van der Waals surface area contributed by atoms with E-state index in [0.717, 1.165) is 12.8 Å². The third-order valence-electron chi connectivity index (χ3n) is 1.49. The molecule has 0 bridgehead atoms. The molecule has 0 saturated carbocycles. The van der Waals surface area contributed by atoms with Gasteiger partial charge in [-0.25, -0.2) is 0 Å². The molecular weight excluding hydrogens is 120 g/mol. The summed E-state index contributed by atoms with van der Waals surface area (Å²) >= 11 is 0. The van der Waals surface area contributed by atoms with E-state index in [1.165, 1.54) is 5.01 Å². The Labute approximate surface area is 53.4 Å². The third-order valence-corrected chi connectivity index (χ3v) is 1.49. The number of nitroso groups, excluding NO2 is 1. The number of aliphatic hydroxyl groups excluding tert-OH is 1. The minimum absolute atomic E-state index is 0.351. The Kier molecular flexibility index (Phi) is 2.00. The van der Waals surface area contributed by atoms with Crippen LogP contribution in [0.1, 0.15) is 12.8 Å². The van der Waals surface area contributed by atoms with Crippen molar-refractivity contribution < 1.29 is 5.11 Å². The fourth-order valence-electron chi connectivity index (χ4n) is 1.01. The summed E-state index contributed by atoms with van der Waals surface area (Å²) in [5, 5.41) is 13.0. The van der Waals surface area contributed by atoms with Gasteiger partial charge in [0.1, 0.15) is 0 Å². The third kappa shape index (κ3) is 1.64. The number of hydrogen-bond acceptors (Lipinski definition) is 3. The van der Waals surface area contributed by atoms with Crippen LogP contribution in [-0.4, -0.2) is 29.3 Å². The van der Waals surface area contributed by atoms with Crippen molar-refractivity contribution in [3.05, 3.63) is 4.91 Å². The maximum atomic E-state index is 9.87. The van der Waals surface area contributed by atoms with Gasteiger partial charge in [-0.3, -0.25) is 5.01 Å². The van der Waals surface area contributed by atoms with Crippen LogP contribution in [0.2, 0.25) is 0 Å². The fraction of sp³-hybridized carbons (Fsp3) is 1.00. The molecule has 0 aromatic carbocycles. The zero-order valence-electron chi connectivity index (χ0n) is 5.16. The van der Waals surface area contributed by atoms with E-state index in [0.29, 0.717) is 13.1 Å². The topological polar surface area (TPSA) is 52.9 Å². The Morgan fingerprint density at radius 1 is 1.67 bits per heavy atom. The molecule has 1 saturated heterocycles. The monoisotopic (exact) mass is 130 g/mol. The van der Waals surface area contributed by atoms with Crippen molar-refractivity contribution in [2.45, 2.75) is 18.9 Å². The van der Waals surface area contributed by atoms with Crippen LogP contribution < -0.4 is 0 Å². The lowest BCUT2D eigenvalue weighted by Gasteiger charge is -2.24. The zero-order valence-corrected chi connectivity index (χ0v) is 5.16. The van der Waals surface area contributed by atoms with Gasteiger partial charge in [-0.1, -0.05) is 0 Å². The van der Waals surface area contributed by atoms with Crippen molar-refractivity contribution in [1.29, 1.82) is 0 Å². The van der Waals surface area contributed by atoms with Gasteiger partial charge in [-0.05, 0) is 12.8 Å². The summed E-state index contributed by atoms with van der Waals surface area (Å²) in [7, 11) is 0. The van der Waals surface area contributed by atoms with Gasteiger partial charge < -0.3 is 5.11 Å². The van der Waals surface area contributed by atoms with Gasteiger partial charge in [0.25, 0.3) is 0 Å². The van der Waals surface area contributed by atoms with Crippen LogP contribution in [0, 0.1) is 4.91 Å². The van der Waals surface area contributed by atoms with E-state index in [9.17, 15) is 4.91 Å². The number of nitrogens with zero attached hydrogens (tertiary/aromatic N) is 2. The molecule has 1 fully saturated rings. The summed E-state index contributed by atoms with van der Waals surface area (Å²) in [6.45, 7) is 1.10. The molecule has 0 aliphatic carbocycles. The van der Waals surface area contributed by atoms with Crippen LogP contribution in [0.25, 0.3) is 0 Å². The first kappa shape index (κ1) is 6.48. The second-order valence-electron chi connectivity index (χ2n) is 2.29. The van der Waals surface area contributed by atoms with Crippen LogP contribution in [-0.2, 0) is 0 Å². The molecule has 4 nitrogen and oxygen atoms in total. The molecule has 0 unspecified atom stereocenters. The largest absolute Gasteiger partial charge is 0.391 e. The first-order chi connectivity index (χ1) is 4.33. The maximum absolute atomic E-state index is 9.87. The molecule has 0 spiro atoms. The molecule has 1 heterocycles. The van der Waals surface area contributed by atoms with Crippen molar-refractivity contribution in [3.63, 3.8) is 0 Å². The number of β-amino-alcohol motifs (C(OH)–C–C–N with tert-alkyl or cyclic N) is 1. The Morgan fingerprint density at radius 2 is 2.44 bits per heavy atom. The number of rotatable bonds is 1. The predicted molar refractivity (Wildman–Crippen MR) is 32.6 cm³/mol. The highest BCUT2D eigenvalue weighted by atomic mass is 16.3. The molecule has 0 aromatic heterocycles. The summed E-state index contributed by atoms with van der Waals surface area (Å²) in [5.74, 6) is 0. The van der Waals surface area contributed by atoms with Crippen LogP contribution >= 0.6 is 0 Å². The van der Waals surface area contributed by atoms with Crippen LogP contribution in [0.3, 0.4) is 0 Å². The molecule has 0 aromatic rings. The van der Waals surface area contributed by atoms with Crippen molar-refractivity contribution in [2.75, 3.05) is 13.1 Å². The highest BCUT2D eigenvalue weighted by Gasteiger charge is 2.16. The lowest BCUT2D eigenvalue weighted by atomic mass is 10.1. The molecule has 1 aliphatic heterocycles. The van der Waals surface area contributed by atoms with E-state index in [-0.39, 0.29) is 6.10 Å². The SMILES string of the molecule is O=NN1CCC[C@@H](O)C1. The van der Waals surface area contributed by atoms with Crippen molar-refractivity contribution >= 4 is 0 Å². The Morgan fingerprint density at radius 3 is 2.89 bits per heavy atom. The standard InChI is InChI=1S/C5H10N2O2/c8-5-2-1-3-7(4-5)6-9/h5,8H,1-4H2/t5-/m1/s1. The fourth-order valence-corrected chi connectivity index (χ4v) is 1.01. The number of aliphatic hydroxyl groups is 1. The van der Waals surface area contributed by atoms with E-state index in [2.05, 4.69) is 5.29 Å². The van der Waals surface area contributed by atoms with Crippen LogP contribution in [0.15, 0.2) is 5.29 Å². The molecule has 1 aliphatic rings. The van der Waals surface area contributed by atoms with Gasteiger partial charge in [-0.2, -0.15) is 0 Å². The molecule has 1 N–H and O–H groups in total. The molecule has 52 valence electrons. The lowest BCUT2D eigenvalue weighted by molar-refractivity contribution is 0.0715. The smallest absolute Gasteiger partial charge is 0.0733 e. The van der Waals surface area contributed by atoms with Gasteiger partial charge in [-0.15, -0.1) is 4.91 Å². The maximum Gasteiger partial charge on any atom is 0.0733 e. The van der Waals surface area contributed by atoms with Gasteiger partial charge >= 0.3 is 0 Å². The molecule has 4 heteroatoms. The number of piperidine rings is 1.